The molecule has 2 unspecified atom stereocenters. The van der Waals surface area contributed by atoms with E-state index in [1.54, 1.807) is 6.92 Å². The number of hydrogen-bond donors (Lipinski definition) is 2. The molecule has 0 fully saturated rings. The van der Waals surface area contributed by atoms with Crippen molar-refractivity contribution < 1.29 is 9.90 Å². The topological polar surface area (TPSA) is 52.6 Å². The number of likely N-dealkylation sites (N-methyl/N-ethyl adjacent to an activating group) is 1. The van der Waals surface area contributed by atoms with Crippen LogP contribution in [0.3, 0.4) is 0 Å². The maximum absolute atomic E-state index is 12.4. The lowest BCUT2D eigenvalue weighted by atomic mass is 10.0. The van der Waals surface area contributed by atoms with Gasteiger partial charge >= 0.3 is 0 Å². The Balaban J connectivity index is 2.72. The number of amides is 1. The molecule has 0 saturated carbocycles. The number of nitrogens with zero attached hydrogens (tertiary/aromatic N) is 1. The van der Waals surface area contributed by atoms with Crippen LogP contribution in [0.4, 0.5) is 5.69 Å². The molecule has 1 amide bonds. The van der Waals surface area contributed by atoms with E-state index >= 15 is 0 Å². The summed E-state index contributed by atoms with van der Waals surface area (Å²) in [4.78, 5) is 14.3. The van der Waals surface area contributed by atoms with E-state index in [2.05, 4.69) is 24.4 Å². The summed E-state index contributed by atoms with van der Waals surface area (Å²) >= 11 is 0. The third-order valence-corrected chi connectivity index (χ3v) is 3.87. The van der Waals surface area contributed by atoms with E-state index in [1.807, 2.05) is 32.7 Å². The first-order valence-corrected chi connectivity index (χ1v) is 7.49. The fourth-order valence-electron chi connectivity index (χ4n) is 2.39. The number of anilines is 1. The van der Waals surface area contributed by atoms with Crippen LogP contribution in [-0.4, -0.2) is 41.7 Å². The zero-order valence-corrected chi connectivity index (χ0v) is 14.0. The Morgan fingerprint density at radius 1 is 1.24 bits per heavy atom. The highest BCUT2D eigenvalue weighted by atomic mass is 16.3. The Morgan fingerprint density at radius 3 is 2.24 bits per heavy atom. The fourth-order valence-corrected chi connectivity index (χ4v) is 2.39. The van der Waals surface area contributed by atoms with Gasteiger partial charge < -0.3 is 10.4 Å². The summed E-state index contributed by atoms with van der Waals surface area (Å²) in [5.74, 6) is -0.0156. The molecule has 1 aromatic rings. The van der Waals surface area contributed by atoms with Crippen molar-refractivity contribution in [3.8, 4) is 0 Å². The van der Waals surface area contributed by atoms with E-state index < -0.39 is 0 Å². The van der Waals surface area contributed by atoms with Crippen LogP contribution in [-0.2, 0) is 4.79 Å². The molecular weight excluding hydrogens is 264 g/mol. The van der Waals surface area contributed by atoms with Gasteiger partial charge in [-0.3, -0.25) is 9.69 Å². The predicted molar refractivity (Wildman–Crippen MR) is 87.7 cm³/mol. The minimum Gasteiger partial charge on any atom is -0.393 e. The third kappa shape index (κ3) is 5.14. The summed E-state index contributed by atoms with van der Waals surface area (Å²) in [5, 5.41) is 12.4. The van der Waals surface area contributed by atoms with E-state index in [0.29, 0.717) is 13.0 Å². The number of nitrogens with one attached hydrogen (secondary N) is 1. The molecule has 0 bridgehead atoms. The van der Waals surface area contributed by atoms with E-state index in [0.717, 1.165) is 16.8 Å². The number of hydrogen-bond acceptors (Lipinski definition) is 3. The average Bonchev–Trinajstić information content (AvgIpc) is 2.38. The van der Waals surface area contributed by atoms with Crippen LogP contribution in [0.2, 0.25) is 0 Å². The molecule has 2 N–H and O–H groups in total. The highest BCUT2D eigenvalue weighted by Gasteiger charge is 2.19. The normalized spacial score (nSPS) is 14.1. The standard InChI is InChI=1S/C17H28N2O2/c1-11-9-12(2)16(13(3)10-11)18-17(21)15(5)19(6)8-7-14(4)20/h9-10,14-15,20H,7-8H2,1-6H3,(H,18,21). The van der Waals surface area contributed by atoms with Crippen molar-refractivity contribution in [1.82, 2.24) is 4.90 Å². The van der Waals surface area contributed by atoms with Crippen LogP contribution in [0.1, 0.15) is 37.0 Å². The summed E-state index contributed by atoms with van der Waals surface area (Å²) in [7, 11) is 1.90. The molecule has 2 atom stereocenters. The molecule has 4 nitrogen and oxygen atoms in total. The second-order valence-electron chi connectivity index (χ2n) is 6.06. The number of carbonyl (C=O) groups excluding carboxylic acids is 1. The second kappa shape index (κ2) is 7.57. The lowest BCUT2D eigenvalue weighted by molar-refractivity contribution is -0.120. The average molecular weight is 292 g/mol. The van der Waals surface area contributed by atoms with Gasteiger partial charge in [0.05, 0.1) is 12.1 Å². The summed E-state index contributed by atoms with van der Waals surface area (Å²) in [6.45, 7) is 10.4. The number of rotatable bonds is 6. The molecule has 0 aliphatic heterocycles. The molecule has 0 aromatic heterocycles. The highest BCUT2D eigenvalue weighted by Crippen LogP contribution is 2.22. The van der Waals surface area contributed by atoms with Gasteiger partial charge in [0, 0.05) is 12.2 Å². The number of aliphatic hydroxyl groups is 1. The molecule has 0 radical (unpaired) electrons. The van der Waals surface area contributed by atoms with Gasteiger partial charge in [0.1, 0.15) is 0 Å². The van der Waals surface area contributed by atoms with Gasteiger partial charge in [-0.15, -0.1) is 0 Å². The molecule has 0 aliphatic rings. The fraction of sp³-hybridized carbons (Fsp3) is 0.588. The monoisotopic (exact) mass is 292 g/mol. The van der Waals surface area contributed by atoms with Gasteiger partial charge in [-0.25, -0.2) is 0 Å². The number of aliphatic hydroxyl groups excluding tert-OH is 1. The van der Waals surface area contributed by atoms with E-state index in [1.165, 1.54) is 5.56 Å². The maximum atomic E-state index is 12.4. The van der Waals surface area contributed by atoms with E-state index in [9.17, 15) is 9.90 Å². The van der Waals surface area contributed by atoms with Crippen LogP contribution in [0.25, 0.3) is 0 Å². The van der Waals surface area contributed by atoms with Crippen LogP contribution in [0.5, 0.6) is 0 Å². The molecule has 0 aliphatic carbocycles. The summed E-state index contributed by atoms with van der Waals surface area (Å²) in [5.41, 5.74) is 4.27. The van der Waals surface area contributed by atoms with Crippen LogP contribution >= 0.6 is 0 Å². The first-order chi connectivity index (χ1) is 9.72. The molecular formula is C17H28N2O2. The van der Waals surface area contributed by atoms with Gasteiger partial charge in [0.2, 0.25) is 5.91 Å². The Hall–Kier alpha value is -1.39. The lowest BCUT2D eigenvalue weighted by Crippen LogP contribution is -2.40. The molecule has 1 aromatic carbocycles. The van der Waals surface area contributed by atoms with Crippen molar-refractivity contribution in [2.24, 2.45) is 0 Å². The van der Waals surface area contributed by atoms with Crippen molar-refractivity contribution in [1.29, 1.82) is 0 Å². The minimum absolute atomic E-state index is 0.0156. The molecule has 0 heterocycles. The van der Waals surface area contributed by atoms with Crippen LogP contribution < -0.4 is 5.32 Å². The highest BCUT2D eigenvalue weighted by molar-refractivity contribution is 5.95. The van der Waals surface area contributed by atoms with E-state index in [-0.39, 0.29) is 18.1 Å². The zero-order chi connectivity index (χ0) is 16.2. The largest absolute Gasteiger partial charge is 0.393 e. The summed E-state index contributed by atoms with van der Waals surface area (Å²) in [6, 6.07) is 3.92. The number of carbonyl (C=O) groups is 1. The molecule has 0 spiro atoms. The van der Waals surface area contributed by atoms with Gasteiger partial charge in [-0.2, -0.15) is 0 Å². The number of benzene rings is 1. The Kier molecular flexibility index (Phi) is 6.37. The van der Waals surface area contributed by atoms with Crippen LogP contribution in [0.15, 0.2) is 12.1 Å². The van der Waals surface area contributed by atoms with Gasteiger partial charge in [0.25, 0.3) is 0 Å². The first kappa shape index (κ1) is 17.7. The molecule has 4 heteroatoms. The van der Waals surface area contributed by atoms with Gasteiger partial charge in [0.15, 0.2) is 0 Å². The molecule has 1 rings (SSSR count). The summed E-state index contributed by atoms with van der Waals surface area (Å²) in [6.07, 6.45) is 0.320. The number of aryl methyl sites for hydroxylation is 3. The van der Waals surface area contributed by atoms with Crippen molar-refractivity contribution in [2.45, 2.75) is 53.2 Å². The first-order valence-electron chi connectivity index (χ1n) is 7.49. The smallest absolute Gasteiger partial charge is 0.241 e. The van der Waals surface area contributed by atoms with Crippen LogP contribution in [0, 0.1) is 20.8 Å². The third-order valence-electron chi connectivity index (χ3n) is 3.87. The van der Waals surface area contributed by atoms with Crippen molar-refractivity contribution in [3.05, 3.63) is 28.8 Å². The van der Waals surface area contributed by atoms with Crippen molar-refractivity contribution in [3.63, 3.8) is 0 Å². The molecule has 21 heavy (non-hydrogen) atoms. The van der Waals surface area contributed by atoms with Crippen molar-refractivity contribution in [2.75, 3.05) is 18.9 Å². The quantitative estimate of drug-likeness (QED) is 0.847. The lowest BCUT2D eigenvalue weighted by Gasteiger charge is -2.25. The Morgan fingerprint density at radius 2 is 1.76 bits per heavy atom. The molecule has 118 valence electrons. The van der Waals surface area contributed by atoms with Crippen molar-refractivity contribution >= 4 is 11.6 Å². The predicted octanol–water partition coefficient (Wildman–Crippen LogP) is 2.64. The van der Waals surface area contributed by atoms with Gasteiger partial charge in [-0.1, -0.05) is 17.7 Å². The van der Waals surface area contributed by atoms with Gasteiger partial charge in [-0.05, 0) is 59.2 Å². The maximum Gasteiger partial charge on any atom is 0.241 e. The Bertz CT molecular complexity index is 475. The second-order valence-corrected chi connectivity index (χ2v) is 6.06. The molecule has 0 saturated heterocycles. The minimum atomic E-state index is -0.343. The van der Waals surface area contributed by atoms with E-state index in [4.69, 9.17) is 0 Å². The SMILES string of the molecule is Cc1cc(C)c(NC(=O)C(C)N(C)CCC(C)O)c(C)c1. The zero-order valence-electron chi connectivity index (χ0n) is 14.0. The Labute approximate surface area is 128 Å². The summed E-state index contributed by atoms with van der Waals surface area (Å²) < 4.78 is 0.